The van der Waals surface area contributed by atoms with E-state index in [9.17, 15) is 5.11 Å². The number of benzene rings is 1. The number of aromatic nitrogens is 1. The summed E-state index contributed by atoms with van der Waals surface area (Å²) in [7, 11) is 4.30. The van der Waals surface area contributed by atoms with Crippen LogP contribution in [0, 0.1) is 5.41 Å². The molecule has 0 bridgehead atoms. The monoisotopic (exact) mass is 274 g/mol. The van der Waals surface area contributed by atoms with Gasteiger partial charge in [0.2, 0.25) is 0 Å². The summed E-state index contributed by atoms with van der Waals surface area (Å²) < 4.78 is 0. The Morgan fingerprint density at radius 1 is 1.30 bits per heavy atom. The third kappa shape index (κ3) is 3.39. The first-order chi connectivity index (χ1) is 9.39. The Morgan fingerprint density at radius 3 is 2.70 bits per heavy atom. The molecule has 0 saturated heterocycles. The molecule has 0 aliphatic heterocycles. The van der Waals surface area contributed by atoms with Crippen molar-refractivity contribution >= 4 is 17.1 Å². The van der Waals surface area contributed by atoms with Crippen LogP contribution in [-0.2, 0) is 0 Å². The maximum absolute atomic E-state index is 9.96. The standard InChI is InChI=1S/C16H23N3O/c1-16(2,11-19(3)4)10-17-9-13-12-7-5-6-8-14(12)18-15(13)20/h5-9,18,20H,10-11H2,1-4H3/p+1. The van der Waals surface area contributed by atoms with E-state index in [1.165, 1.54) is 4.90 Å². The quantitative estimate of drug-likeness (QED) is 0.710. The second-order valence-corrected chi connectivity index (χ2v) is 6.45. The summed E-state index contributed by atoms with van der Waals surface area (Å²) >= 11 is 0. The number of aromatic hydroxyl groups is 1. The Bertz CT molecular complexity index is 611. The molecule has 1 aromatic carbocycles. The lowest BCUT2D eigenvalue weighted by molar-refractivity contribution is -0.865. The van der Waals surface area contributed by atoms with E-state index in [4.69, 9.17) is 0 Å². The number of quaternary nitrogens is 1. The van der Waals surface area contributed by atoms with Crippen molar-refractivity contribution in [2.75, 3.05) is 27.2 Å². The van der Waals surface area contributed by atoms with Gasteiger partial charge in [-0.15, -0.1) is 0 Å². The predicted octanol–water partition coefficient (Wildman–Crippen LogP) is 1.46. The number of aromatic amines is 1. The minimum atomic E-state index is 0.150. The molecule has 0 aliphatic carbocycles. The first-order valence-corrected chi connectivity index (χ1v) is 6.97. The first-order valence-electron chi connectivity index (χ1n) is 6.97. The fraction of sp³-hybridized carbons (Fsp3) is 0.438. The van der Waals surface area contributed by atoms with Crippen LogP contribution < -0.4 is 4.90 Å². The molecule has 0 atom stereocenters. The molecule has 2 aromatic rings. The lowest BCUT2D eigenvalue weighted by Gasteiger charge is -2.23. The van der Waals surface area contributed by atoms with Crippen molar-refractivity contribution in [3.8, 4) is 5.88 Å². The second-order valence-electron chi connectivity index (χ2n) is 6.45. The lowest BCUT2D eigenvalue weighted by Crippen LogP contribution is -3.07. The number of nitrogens with one attached hydrogen (secondary N) is 2. The summed E-state index contributed by atoms with van der Waals surface area (Å²) in [6.45, 7) is 6.24. The zero-order chi connectivity index (χ0) is 14.8. The van der Waals surface area contributed by atoms with E-state index in [1.54, 1.807) is 6.21 Å². The first kappa shape index (κ1) is 14.6. The van der Waals surface area contributed by atoms with Gasteiger partial charge >= 0.3 is 0 Å². The van der Waals surface area contributed by atoms with Gasteiger partial charge in [0.15, 0.2) is 5.88 Å². The Hall–Kier alpha value is -1.81. The van der Waals surface area contributed by atoms with Crippen LogP contribution in [0.2, 0.25) is 0 Å². The maximum atomic E-state index is 9.96. The Balaban J connectivity index is 2.16. The van der Waals surface area contributed by atoms with Crippen molar-refractivity contribution in [2.45, 2.75) is 13.8 Å². The second kappa shape index (κ2) is 5.67. The van der Waals surface area contributed by atoms with Gasteiger partial charge in [-0.2, -0.15) is 0 Å². The minimum absolute atomic E-state index is 0.150. The Labute approximate surface area is 120 Å². The Morgan fingerprint density at radius 2 is 2.00 bits per heavy atom. The van der Waals surface area contributed by atoms with Gasteiger partial charge in [-0.05, 0) is 6.07 Å². The minimum Gasteiger partial charge on any atom is -0.494 e. The molecule has 20 heavy (non-hydrogen) atoms. The molecule has 0 spiro atoms. The number of aliphatic imine (C=N–C) groups is 1. The normalized spacial score (nSPS) is 12.8. The maximum Gasteiger partial charge on any atom is 0.198 e. The van der Waals surface area contributed by atoms with Gasteiger partial charge in [0.25, 0.3) is 0 Å². The van der Waals surface area contributed by atoms with Crippen molar-refractivity contribution < 1.29 is 10.0 Å². The highest BCUT2D eigenvalue weighted by atomic mass is 16.3. The smallest absolute Gasteiger partial charge is 0.198 e. The molecule has 1 heterocycles. The molecule has 4 heteroatoms. The molecule has 0 aliphatic rings. The summed E-state index contributed by atoms with van der Waals surface area (Å²) in [6.07, 6.45) is 1.78. The number of nitrogens with zero attached hydrogens (tertiary/aromatic N) is 1. The van der Waals surface area contributed by atoms with Crippen LogP contribution in [0.15, 0.2) is 29.3 Å². The zero-order valence-corrected chi connectivity index (χ0v) is 12.7. The summed E-state index contributed by atoms with van der Waals surface area (Å²) in [6, 6.07) is 7.85. The summed E-state index contributed by atoms with van der Waals surface area (Å²) in [5.41, 5.74) is 1.86. The van der Waals surface area contributed by atoms with Gasteiger partial charge < -0.3 is 15.0 Å². The van der Waals surface area contributed by atoms with Gasteiger partial charge in [-0.3, -0.25) is 4.99 Å². The van der Waals surface area contributed by atoms with Crippen LogP contribution in [0.4, 0.5) is 0 Å². The predicted molar refractivity (Wildman–Crippen MR) is 83.9 cm³/mol. The van der Waals surface area contributed by atoms with E-state index in [1.807, 2.05) is 24.3 Å². The third-order valence-corrected chi connectivity index (χ3v) is 3.30. The summed E-state index contributed by atoms with van der Waals surface area (Å²) in [5, 5.41) is 11.0. The molecule has 0 amide bonds. The van der Waals surface area contributed by atoms with Gasteiger partial charge in [-0.25, -0.2) is 0 Å². The van der Waals surface area contributed by atoms with Crippen molar-refractivity contribution in [2.24, 2.45) is 10.4 Å². The van der Waals surface area contributed by atoms with E-state index < -0.39 is 0 Å². The number of hydrogen-bond acceptors (Lipinski definition) is 2. The highest BCUT2D eigenvalue weighted by Crippen LogP contribution is 2.25. The molecule has 108 valence electrons. The van der Waals surface area contributed by atoms with Gasteiger partial charge in [-0.1, -0.05) is 32.0 Å². The number of hydrogen-bond donors (Lipinski definition) is 3. The highest BCUT2D eigenvalue weighted by Gasteiger charge is 2.20. The zero-order valence-electron chi connectivity index (χ0n) is 12.7. The molecular weight excluding hydrogens is 250 g/mol. The van der Waals surface area contributed by atoms with Crippen molar-refractivity contribution in [1.29, 1.82) is 0 Å². The van der Waals surface area contributed by atoms with E-state index in [0.29, 0.717) is 0 Å². The largest absolute Gasteiger partial charge is 0.494 e. The van der Waals surface area contributed by atoms with Crippen LogP contribution >= 0.6 is 0 Å². The van der Waals surface area contributed by atoms with Crippen LogP contribution in [-0.4, -0.2) is 43.5 Å². The molecule has 4 nitrogen and oxygen atoms in total. The highest BCUT2D eigenvalue weighted by molar-refractivity contribution is 6.01. The van der Waals surface area contributed by atoms with Gasteiger partial charge in [0.05, 0.1) is 26.2 Å². The van der Waals surface area contributed by atoms with E-state index in [0.717, 1.165) is 29.6 Å². The molecule has 2 rings (SSSR count). The van der Waals surface area contributed by atoms with E-state index >= 15 is 0 Å². The van der Waals surface area contributed by atoms with Crippen LogP contribution in [0.1, 0.15) is 19.4 Å². The Kier molecular flexibility index (Phi) is 4.14. The molecular formula is C16H24N3O+. The number of H-pyrrole nitrogens is 1. The molecule has 0 saturated carbocycles. The summed E-state index contributed by atoms with van der Waals surface area (Å²) in [5.74, 6) is 0.186. The SMILES string of the molecule is C[NH+](C)CC(C)(C)CN=Cc1c(O)[nH]c2ccccc12. The molecule has 0 unspecified atom stereocenters. The number of para-hydroxylation sites is 1. The number of rotatable bonds is 5. The average molecular weight is 274 g/mol. The summed E-state index contributed by atoms with van der Waals surface area (Å²) in [4.78, 5) is 8.92. The molecule has 0 fully saturated rings. The number of fused-ring (bicyclic) bond motifs is 1. The average Bonchev–Trinajstić information content (AvgIpc) is 2.64. The van der Waals surface area contributed by atoms with E-state index in [-0.39, 0.29) is 11.3 Å². The van der Waals surface area contributed by atoms with Gasteiger partial charge in [0, 0.05) is 29.1 Å². The third-order valence-electron chi connectivity index (χ3n) is 3.30. The molecule has 3 N–H and O–H groups in total. The molecule has 0 radical (unpaired) electrons. The van der Waals surface area contributed by atoms with Crippen LogP contribution in [0.3, 0.4) is 0 Å². The van der Waals surface area contributed by atoms with Gasteiger partial charge in [0.1, 0.15) is 0 Å². The molecule has 1 aromatic heterocycles. The fourth-order valence-electron chi connectivity index (χ4n) is 2.68. The van der Waals surface area contributed by atoms with E-state index in [2.05, 4.69) is 37.9 Å². The lowest BCUT2D eigenvalue weighted by atomic mass is 9.93. The van der Waals surface area contributed by atoms with Crippen molar-refractivity contribution in [1.82, 2.24) is 4.98 Å². The van der Waals surface area contributed by atoms with Crippen LogP contribution in [0.5, 0.6) is 5.88 Å². The topological polar surface area (TPSA) is 52.8 Å². The fourth-order valence-corrected chi connectivity index (χ4v) is 2.68. The van der Waals surface area contributed by atoms with Crippen molar-refractivity contribution in [3.05, 3.63) is 29.8 Å². The van der Waals surface area contributed by atoms with Crippen LogP contribution in [0.25, 0.3) is 10.9 Å². The van der Waals surface area contributed by atoms with Crippen molar-refractivity contribution in [3.63, 3.8) is 0 Å².